The smallest absolute Gasteiger partial charge is 0.258 e. The third-order valence-corrected chi connectivity index (χ3v) is 4.02. The summed E-state index contributed by atoms with van der Waals surface area (Å²) in [5.41, 5.74) is 2.28. The maximum Gasteiger partial charge on any atom is 0.258 e. The normalized spacial score (nSPS) is 15.9. The number of aryl methyl sites for hydroxylation is 1. The number of carbonyl (C=O) groups is 1. The van der Waals surface area contributed by atoms with E-state index in [0.29, 0.717) is 11.3 Å². The second-order valence-corrected chi connectivity index (χ2v) is 5.69. The zero-order chi connectivity index (χ0) is 16.9. The standard InChI is InChI=1S/C18H17N3O3/c19-10-12-4-6-13(7-5-12)24-11-18(23)21-16-3-1-2-15-14(16)8-9-17(22)20-15/h4-9,16H,1-3,11H2,(H,20,22)(H,21,23)/t16-/m1/s1. The van der Waals surface area contributed by atoms with E-state index in [4.69, 9.17) is 10.00 Å². The van der Waals surface area contributed by atoms with E-state index in [9.17, 15) is 9.59 Å². The number of H-pyrrole nitrogens is 1. The Morgan fingerprint density at radius 3 is 2.83 bits per heavy atom. The molecule has 0 spiro atoms. The minimum Gasteiger partial charge on any atom is -0.484 e. The lowest BCUT2D eigenvalue weighted by Crippen LogP contribution is -2.35. The van der Waals surface area contributed by atoms with Gasteiger partial charge in [0.1, 0.15) is 5.75 Å². The van der Waals surface area contributed by atoms with Crippen molar-refractivity contribution in [2.24, 2.45) is 0 Å². The van der Waals surface area contributed by atoms with Gasteiger partial charge in [-0.15, -0.1) is 0 Å². The highest BCUT2D eigenvalue weighted by molar-refractivity contribution is 5.78. The molecule has 24 heavy (non-hydrogen) atoms. The van der Waals surface area contributed by atoms with Crippen LogP contribution in [-0.2, 0) is 11.2 Å². The average molecular weight is 323 g/mol. The SMILES string of the molecule is N#Cc1ccc(OCC(=O)N[C@@H]2CCCc3[nH]c(=O)ccc32)cc1. The first-order valence-corrected chi connectivity index (χ1v) is 7.80. The number of nitriles is 1. The number of hydrogen-bond acceptors (Lipinski definition) is 4. The summed E-state index contributed by atoms with van der Waals surface area (Å²) in [6, 6.07) is 11.8. The van der Waals surface area contributed by atoms with Gasteiger partial charge < -0.3 is 15.0 Å². The van der Waals surface area contributed by atoms with Crippen LogP contribution in [0, 0.1) is 11.3 Å². The summed E-state index contributed by atoms with van der Waals surface area (Å²) in [6.45, 7) is -0.0961. The van der Waals surface area contributed by atoms with E-state index in [2.05, 4.69) is 10.3 Å². The molecule has 0 aliphatic heterocycles. The Labute approximate surface area is 139 Å². The fourth-order valence-electron chi connectivity index (χ4n) is 2.86. The van der Waals surface area contributed by atoms with E-state index in [1.165, 1.54) is 6.07 Å². The van der Waals surface area contributed by atoms with Crippen LogP contribution < -0.4 is 15.6 Å². The van der Waals surface area contributed by atoms with Crippen LogP contribution in [0.3, 0.4) is 0 Å². The number of nitrogens with one attached hydrogen (secondary N) is 2. The molecule has 0 saturated carbocycles. The molecule has 2 aromatic rings. The first-order chi connectivity index (χ1) is 11.7. The number of aromatic nitrogens is 1. The third kappa shape index (κ3) is 3.63. The number of aromatic amines is 1. The van der Waals surface area contributed by atoms with Crippen molar-refractivity contribution >= 4 is 5.91 Å². The molecular formula is C18H17N3O3. The molecule has 1 aromatic carbocycles. The van der Waals surface area contributed by atoms with Gasteiger partial charge in [-0.2, -0.15) is 5.26 Å². The van der Waals surface area contributed by atoms with Crippen molar-refractivity contribution in [3.63, 3.8) is 0 Å². The molecule has 3 rings (SSSR count). The molecule has 1 heterocycles. The predicted octanol–water partition coefficient (Wildman–Crippen LogP) is 1.82. The fourth-order valence-corrected chi connectivity index (χ4v) is 2.86. The number of hydrogen-bond donors (Lipinski definition) is 2. The first kappa shape index (κ1) is 15.8. The van der Waals surface area contributed by atoms with Gasteiger partial charge >= 0.3 is 0 Å². The van der Waals surface area contributed by atoms with Gasteiger partial charge in [0, 0.05) is 11.8 Å². The van der Waals surface area contributed by atoms with Crippen molar-refractivity contribution in [3.8, 4) is 11.8 Å². The summed E-state index contributed by atoms with van der Waals surface area (Å²) >= 11 is 0. The molecule has 1 amide bonds. The molecule has 6 heteroatoms. The van der Waals surface area contributed by atoms with Gasteiger partial charge in [-0.05, 0) is 55.2 Å². The topological polar surface area (TPSA) is 95.0 Å². The van der Waals surface area contributed by atoms with E-state index < -0.39 is 0 Å². The summed E-state index contributed by atoms with van der Waals surface area (Å²) < 4.78 is 5.44. The van der Waals surface area contributed by atoms with Crippen LogP contribution in [-0.4, -0.2) is 17.5 Å². The van der Waals surface area contributed by atoms with Crippen LogP contribution in [0.15, 0.2) is 41.2 Å². The average Bonchev–Trinajstić information content (AvgIpc) is 2.60. The molecule has 122 valence electrons. The highest BCUT2D eigenvalue weighted by atomic mass is 16.5. The van der Waals surface area contributed by atoms with Crippen molar-refractivity contribution in [2.75, 3.05) is 6.61 Å². The van der Waals surface area contributed by atoms with E-state index in [-0.39, 0.29) is 24.1 Å². The first-order valence-electron chi connectivity index (χ1n) is 7.80. The number of benzene rings is 1. The molecule has 0 unspecified atom stereocenters. The van der Waals surface area contributed by atoms with Crippen molar-refractivity contribution in [1.82, 2.24) is 10.3 Å². The Bertz CT molecular complexity index is 834. The largest absolute Gasteiger partial charge is 0.484 e. The van der Waals surface area contributed by atoms with Gasteiger partial charge in [-0.25, -0.2) is 0 Å². The van der Waals surface area contributed by atoms with Crippen molar-refractivity contribution < 1.29 is 9.53 Å². The van der Waals surface area contributed by atoms with Gasteiger partial charge in [0.2, 0.25) is 5.56 Å². The summed E-state index contributed by atoms with van der Waals surface area (Å²) in [5.74, 6) is 0.320. The molecule has 0 radical (unpaired) electrons. The quantitative estimate of drug-likeness (QED) is 0.897. The predicted molar refractivity (Wildman–Crippen MR) is 87.5 cm³/mol. The van der Waals surface area contributed by atoms with E-state index >= 15 is 0 Å². The maximum absolute atomic E-state index is 12.1. The van der Waals surface area contributed by atoms with Gasteiger partial charge in [0.25, 0.3) is 5.91 Å². The number of pyridine rings is 1. The Morgan fingerprint density at radius 1 is 1.29 bits per heavy atom. The van der Waals surface area contributed by atoms with Crippen molar-refractivity contribution in [1.29, 1.82) is 5.26 Å². The molecular weight excluding hydrogens is 306 g/mol. The lowest BCUT2D eigenvalue weighted by atomic mass is 9.91. The number of rotatable bonds is 4. The summed E-state index contributed by atoms with van der Waals surface area (Å²) in [6.07, 6.45) is 2.57. The minimum absolute atomic E-state index is 0.0961. The minimum atomic E-state index is -0.219. The second kappa shape index (κ2) is 7.01. The summed E-state index contributed by atoms with van der Waals surface area (Å²) in [7, 11) is 0. The van der Waals surface area contributed by atoms with E-state index in [1.807, 2.05) is 6.07 Å². The molecule has 1 aliphatic carbocycles. The zero-order valence-corrected chi connectivity index (χ0v) is 13.0. The molecule has 1 aromatic heterocycles. The van der Waals surface area contributed by atoms with Crippen LogP contribution in [0.5, 0.6) is 5.75 Å². The Morgan fingerprint density at radius 2 is 2.08 bits per heavy atom. The van der Waals surface area contributed by atoms with Crippen LogP contribution >= 0.6 is 0 Å². The van der Waals surface area contributed by atoms with Crippen LogP contribution in [0.2, 0.25) is 0 Å². The van der Waals surface area contributed by atoms with Crippen LogP contribution in [0.4, 0.5) is 0 Å². The maximum atomic E-state index is 12.1. The molecule has 1 atom stereocenters. The number of carbonyl (C=O) groups excluding carboxylic acids is 1. The van der Waals surface area contributed by atoms with Crippen molar-refractivity contribution in [2.45, 2.75) is 25.3 Å². The van der Waals surface area contributed by atoms with E-state index in [0.717, 1.165) is 30.5 Å². The fraction of sp³-hybridized carbons (Fsp3) is 0.278. The molecule has 0 bridgehead atoms. The van der Waals surface area contributed by atoms with Crippen LogP contribution in [0.1, 0.15) is 35.7 Å². The zero-order valence-electron chi connectivity index (χ0n) is 13.0. The lowest BCUT2D eigenvalue weighted by molar-refractivity contribution is -0.123. The lowest BCUT2D eigenvalue weighted by Gasteiger charge is -2.25. The molecule has 6 nitrogen and oxygen atoms in total. The second-order valence-electron chi connectivity index (χ2n) is 5.69. The summed E-state index contributed by atoms with van der Waals surface area (Å²) in [4.78, 5) is 26.4. The molecule has 0 saturated heterocycles. The summed E-state index contributed by atoms with van der Waals surface area (Å²) in [5, 5.41) is 11.7. The molecule has 1 aliphatic rings. The third-order valence-electron chi connectivity index (χ3n) is 4.02. The van der Waals surface area contributed by atoms with Crippen molar-refractivity contribution in [3.05, 3.63) is 63.6 Å². The number of ether oxygens (including phenoxy) is 1. The Hall–Kier alpha value is -3.07. The van der Waals surface area contributed by atoms with Gasteiger partial charge in [-0.3, -0.25) is 9.59 Å². The highest BCUT2D eigenvalue weighted by Crippen LogP contribution is 2.27. The Kier molecular flexibility index (Phi) is 4.62. The van der Waals surface area contributed by atoms with Gasteiger partial charge in [0.05, 0.1) is 17.7 Å². The number of nitrogens with zero attached hydrogens (tertiary/aromatic N) is 1. The number of fused-ring (bicyclic) bond motifs is 1. The number of amides is 1. The van der Waals surface area contributed by atoms with Gasteiger partial charge in [0.15, 0.2) is 6.61 Å². The Balaban J connectivity index is 1.59. The van der Waals surface area contributed by atoms with Crippen LogP contribution in [0.25, 0.3) is 0 Å². The molecule has 0 fully saturated rings. The monoisotopic (exact) mass is 323 g/mol. The molecule has 2 N–H and O–H groups in total. The highest BCUT2D eigenvalue weighted by Gasteiger charge is 2.22. The van der Waals surface area contributed by atoms with Gasteiger partial charge in [-0.1, -0.05) is 0 Å². The van der Waals surface area contributed by atoms with E-state index in [1.54, 1.807) is 30.3 Å².